The van der Waals surface area contributed by atoms with Crippen molar-refractivity contribution in [3.05, 3.63) is 41.9 Å². The summed E-state index contributed by atoms with van der Waals surface area (Å²) in [6.07, 6.45) is 2.38. The Bertz CT molecular complexity index is 824. The first-order valence-electron chi connectivity index (χ1n) is 8.01. The molecular formula is C16H21N5O3S. The third-order valence-corrected chi connectivity index (χ3v) is 5.44. The van der Waals surface area contributed by atoms with Crippen molar-refractivity contribution in [2.75, 3.05) is 32.1 Å². The Morgan fingerprint density at radius 2 is 2.00 bits per heavy atom. The van der Waals surface area contributed by atoms with E-state index in [2.05, 4.69) is 25.3 Å². The number of hydrogen-bond donors (Lipinski definition) is 3. The van der Waals surface area contributed by atoms with E-state index in [1.54, 1.807) is 12.1 Å². The molecule has 1 aliphatic rings. The number of sulfonamides is 1. The van der Waals surface area contributed by atoms with Gasteiger partial charge in [-0.15, -0.1) is 0 Å². The second-order valence-corrected chi connectivity index (χ2v) is 7.34. The zero-order valence-electron chi connectivity index (χ0n) is 13.9. The molecule has 0 atom stereocenters. The Morgan fingerprint density at radius 3 is 2.76 bits per heavy atom. The molecule has 0 amide bonds. The minimum absolute atomic E-state index is 0.207. The molecule has 0 fully saturated rings. The van der Waals surface area contributed by atoms with Crippen LogP contribution in [0.1, 0.15) is 11.3 Å². The summed E-state index contributed by atoms with van der Waals surface area (Å²) in [5.74, 6) is 1.39. The van der Waals surface area contributed by atoms with Gasteiger partial charge in [0.25, 0.3) is 0 Å². The molecule has 0 aliphatic carbocycles. The van der Waals surface area contributed by atoms with E-state index in [1.807, 2.05) is 0 Å². The van der Waals surface area contributed by atoms with Crippen LogP contribution in [0, 0.1) is 0 Å². The number of hydrogen-bond acceptors (Lipinski definition) is 7. The molecule has 25 heavy (non-hydrogen) atoms. The van der Waals surface area contributed by atoms with E-state index < -0.39 is 10.0 Å². The molecule has 9 heteroatoms. The fraction of sp³-hybridized carbons (Fsp3) is 0.375. The third kappa shape index (κ3) is 4.25. The predicted octanol–water partition coefficient (Wildman–Crippen LogP) is 0.521. The molecule has 3 rings (SSSR count). The van der Waals surface area contributed by atoms with Crippen LogP contribution in [0.25, 0.3) is 0 Å². The Balaban J connectivity index is 1.56. The topological polar surface area (TPSA) is 105 Å². The summed E-state index contributed by atoms with van der Waals surface area (Å²) in [7, 11) is -2.01. The van der Waals surface area contributed by atoms with E-state index in [4.69, 9.17) is 4.74 Å². The second-order valence-electron chi connectivity index (χ2n) is 5.57. The van der Waals surface area contributed by atoms with Gasteiger partial charge in [0, 0.05) is 25.2 Å². The lowest BCUT2D eigenvalue weighted by molar-refractivity contribution is 0.414. The minimum Gasteiger partial charge on any atom is -0.497 e. The average molecular weight is 363 g/mol. The van der Waals surface area contributed by atoms with Crippen LogP contribution >= 0.6 is 0 Å². The van der Waals surface area contributed by atoms with E-state index in [1.165, 1.54) is 25.6 Å². The van der Waals surface area contributed by atoms with Crippen molar-refractivity contribution in [1.29, 1.82) is 0 Å². The van der Waals surface area contributed by atoms with E-state index in [9.17, 15) is 8.42 Å². The highest BCUT2D eigenvalue weighted by molar-refractivity contribution is 7.89. The molecule has 0 saturated carbocycles. The van der Waals surface area contributed by atoms with Gasteiger partial charge in [-0.1, -0.05) is 0 Å². The number of nitrogens with one attached hydrogen (secondary N) is 3. The molecule has 134 valence electrons. The fourth-order valence-corrected chi connectivity index (χ4v) is 3.67. The van der Waals surface area contributed by atoms with Gasteiger partial charge < -0.3 is 15.4 Å². The molecule has 2 aromatic rings. The van der Waals surface area contributed by atoms with Crippen LogP contribution < -0.4 is 20.1 Å². The van der Waals surface area contributed by atoms with Crippen molar-refractivity contribution in [1.82, 2.24) is 20.0 Å². The average Bonchev–Trinajstić information content (AvgIpc) is 2.65. The van der Waals surface area contributed by atoms with Crippen LogP contribution in [-0.4, -0.2) is 45.1 Å². The lowest BCUT2D eigenvalue weighted by Gasteiger charge is -2.19. The maximum absolute atomic E-state index is 12.3. The fourth-order valence-electron chi connectivity index (χ4n) is 2.64. The molecule has 0 bridgehead atoms. The first kappa shape index (κ1) is 17.6. The molecule has 1 aromatic carbocycles. The number of ether oxygens (including phenoxy) is 1. The van der Waals surface area contributed by atoms with Gasteiger partial charge in [-0.3, -0.25) is 0 Å². The minimum atomic E-state index is -3.55. The molecule has 0 unspecified atom stereocenters. The van der Waals surface area contributed by atoms with E-state index >= 15 is 0 Å². The highest BCUT2D eigenvalue weighted by atomic mass is 32.2. The summed E-state index contributed by atoms with van der Waals surface area (Å²) < 4.78 is 32.1. The van der Waals surface area contributed by atoms with E-state index in [0.29, 0.717) is 12.3 Å². The van der Waals surface area contributed by atoms with Gasteiger partial charge in [0.1, 0.15) is 17.9 Å². The normalized spacial score (nSPS) is 14.0. The number of anilines is 1. The molecule has 1 aliphatic heterocycles. The van der Waals surface area contributed by atoms with Crippen molar-refractivity contribution >= 4 is 15.8 Å². The molecule has 0 saturated heterocycles. The SMILES string of the molecule is COc1ccc(S(=O)(=O)NCCNc2ncnc3c2CCNC3)cc1. The number of rotatable bonds is 7. The maximum Gasteiger partial charge on any atom is 0.240 e. The van der Waals surface area contributed by atoms with Crippen molar-refractivity contribution in [3.8, 4) is 5.75 Å². The number of fused-ring (bicyclic) bond motifs is 1. The zero-order chi connectivity index (χ0) is 17.7. The van der Waals surface area contributed by atoms with Crippen molar-refractivity contribution in [2.24, 2.45) is 0 Å². The summed E-state index contributed by atoms with van der Waals surface area (Å²) in [6, 6.07) is 6.27. The smallest absolute Gasteiger partial charge is 0.240 e. The highest BCUT2D eigenvalue weighted by Gasteiger charge is 2.16. The molecule has 0 radical (unpaired) electrons. The van der Waals surface area contributed by atoms with Crippen LogP contribution in [0.5, 0.6) is 5.75 Å². The first-order valence-corrected chi connectivity index (χ1v) is 9.49. The highest BCUT2D eigenvalue weighted by Crippen LogP contribution is 2.18. The van der Waals surface area contributed by atoms with Crippen LogP contribution in [0.3, 0.4) is 0 Å². The summed E-state index contributed by atoms with van der Waals surface area (Å²) in [5, 5.41) is 6.45. The molecule has 1 aromatic heterocycles. The lowest BCUT2D eigenvalue weighted by atomic mass is 10.1. The van der Waals surface area contributed by atoms with Gasteiger partial charge in [-0.05, 0) is 37.2 Å². The molecule has 0 spiro atoms. The number of nitrogens with zero attached hydrogens (tertiary/aromatic N) is 2. The van der Waals surface area contributed by atoms with Gasteiger partial charge in [-0.2, -0.15) is 0 Å². The summed E-state index contributed by atoms with van der Waals surface area (Å²) >= 11 is 0. The maximum atomic E-state index is 12.3. The van der Waals surface area contributed by atoms with E-state index in [0.717, 1.165) is 36.6 Å². The quantitative estimate of drug-likeness (QED) is 0.616. The summed E-state index contributed by atoms with van der Waals surface area (Å²) in [4.78, 5) is 8.74. The Morgan fingerprint density at radius 1 is 1.20 bits per heavy atom. The predicted molar refractivity (Wildman–Crippen MR) is 94.1 cm³/mol. The third-order valence-electron chi connectivity index (χ3n) is 3.96. The molecular weight excluding hydrogens is 342 g/mol. The zero-order valence-corrected chi connectivity index (χ0v) is 14.8. The van der Waals surface area contributed by atoms with E-state index in [-0.39, 0.29) is 11.4 Å². The van der Waals surface area contributed by atoms with Crippen molar-refractivity contribution < 1.29 is 13.2 Å². The molecule has 8 nitrogen and oxygen atoms in total. The standard InChI is InChI=1S/C16H21N5O3S/c1-24-12-2-4-13(5-3-12)25(22,23)21-9-8-18-16-14-6-7-17-10-15(14)19-11-20-16/h2-5,11,17,21H,6-10H2,1H3,(H,18,19,20). The van der Waals surface area contributed by atoms with Crippen molar-refractivity contribution in [3.63, 3.8) is 0 Å². The largest absolute Gasteiger partial charge is 0.497 e. The summed E-state index contributed by atoms with van der Waals surface area (Å²) in [6.45, 7) is 2.31. The van der Waals surface area contributed by atoms with Gasteiger partial charge in [0.05, 0.1) is 17.7 Å². The Kier molecular flexibility index (Phi) is 5.47. The number of methoxy groups -OCH3 is 1. The van der Waals surface area contributed by atoms with Gasteiger partial charge >= 0.3 is 0 Å². The molecule has 3 N–H and O–H groups in total. The number of benzene rings is 1. The van der Waals surface area contributed by atoms with Gasteiger partial charge in [0.15, 0.2) is 0 Å². The first-order chi connectivity index (χ1) is 12.1. The number of aromatic nitrogens is 2. The van der Waals surface area contributed by atoms with Crippen LogP contribution in [-0.2, 0) is 23.0 Å². The van der Waals surface area contributed by atoms with Crippen LogP contribution in [0.4, 0.5) is 5.82 Å². The monoisotopic (exact) mass is 363 g/mol. The molecule has 2 heterocycles. The van der Waals surface area contributed by atoms with Crippen LogP contribution in [0.15, 0.2) is 35.5 Å². The summed E-state index contributed by atoms with van der Waals surface area (Å²) in [5.41, 5.74) is 2.09. The Labute approximate surface area is 147 Å². The second kappa shape index (κ2) is 7.77. The lowest BCUT2D eigenvalue weighted by Crippen LogP contribution is -2.30. The van der Waals surface area contributed by atoms with Gasteiger partial charge in [-0.25, -0.2) is 23.1 Å². The Hall–Kier alpha value is -2.23. The van der Waals surface area contributed by atoms with Crippen molar-refractivity contribution in [2.45, 2.75) is 17.9 Å². The van der Waals surface area contributed by atoms with Gasteiger partial charge in [0.2, 0.25) is 10.0 Å². The van der Waals surface area contributed by atoms with Crippen LogP contribution in [0.2, 0.25) is 0 Å².